The van der Waals surface area contributed by atoms with Crippen molar-refractivity contribution in [3.8, 4) is 0 Å². The standard InChI is InChI=1S/C21H26N4O3S/c26-17(22-13-6-9-18-23-15-7-2-3-8-16(15)29-18)10-14-25-19(27)21(24-20(25)28)11-4-1-5-12-21/h2-3,7-8H,1,4-6,9-14H2,(H,22,26)(H,24,28). The van der Waals surface area contributed by atoms with Gasteiger partial charge in [0.1, 0.15) is 5.54 Å². The van der Waals surface area contributed by atoms with Crippen molar-refractivity contribution >= 4 is 39.4 Å². The number of urea groups is 1. The first-order valence-corrected chi connectivity index (χ1v) is 11.1. The number of aryl methyl sites for hydroxylation is 1. The molecule has 1 aliphatic carbocycles. The average molecular weight is 415 g/mol. The van der Waals surface area contributed by atoms with Crippen LogP contribution in [0.15, 0.2) is 24.3 Å². The molecule has 4 rings (SSSR count). The average Bonchev–Trinajstić information content (AvgIpc) is 3.23. The maximum atomic E-state index is 12.7. The van der Waals surface area contributed by atoms with E-state index in [1.165, 1.54) is 9.60 Å². The molecule has 0 bridgehead atoms. The number of rotatable bonds is 7. The molecule has 1 saturated heterocycles. The largest absolute Gasteiger partial charge is 0.356 e. The lowest BCUT2D eigenvalue weighted by molar-refractivity contribution is -0.132. The van der Waals surface area contributed by atoms with E-state index in [1.54, 1.807) is 11.3 Å². The summed E-state index contributed by atoms with van der Waals surface area (Å²) in [7, 11) is 0. The summed E-state index contributed by atoms with van der Waals surface area (Å²) in [6.07, 6.45) is 6.16. The van der Waals surface area contributed by atoms with Crippen molar-refractivity contribution < 1.29 is 14.4 Å². The van der Waals surface area contributed by atoms with Crippen LogP contribution in [0.5, 0.6) is 0 Å². The minimum Gasteiger partial charge on any atom is -0.356 e. The third-order valence-corrected chi connectivity index (χ3v) is 6.84. The first-order chi connectivity index (χ1) is 14.1. The van der Waals surface area contributed by atoms with Crippen molar-refractivity contribution in [3.63, 3.8) is 0 Å². The van der Waals surface area contributed by atoms with Gasteiger partial charge in [0.2, 0.25) is 5.91 Å². The fraction of sp³-hybridized carbons (Fsp3) is 0.524. The SMILES string of the molecule is O=C(CCN1C(=O)NC2(CCCCC2)C1=O)NCCCc1nc2ccccc2s1. The first kappa shape index (κ1) is 19.8. The zero-order valence-electron chi connectivity index (χ0n) is 16.4. The third kappa shape index (κ3) is 4.27. The van der Waals surface area contributed by atoms with Crippen molar-refractivity contribution in [3.05, 3.63) is 29.3 Å². The van der Waals surface area contributed by atoms with Crippen molar-refractivity contribution in [1.82, 2.24) is 20.5 Å². The van der Waals surface area contributed by atoms with E-state index < -0.39 is 5.54 Å². The van der Waals surface area contributed by atoms with Crippen molar-refractivity contribution in [1.29, 1.82) is 0 Å². The second kappa shape index (κ2) is 8.49. The molecule has 1 aromatic carbocycles. The smallest absolute Gasteiger partial charge is 0.325 e. The highest BCUT2D eigenvalue weighted by molar-refractivity contribution is 7.18. The van der Waals surface area contributed by atoms with Gasteiger partial charge in [-0.2, -0.15) is 0 Å². The normalized spacial score (nSPS) is 18.4. The monoisotopic (exact) mass is 414 g/mol. The molecule has 2 heterocycles. The van der Waals surface area contributed by atoms with Gasteiger partial charge in [-0.1, -0.05) is 31.4 Å². The molecule has 2 aliphatic rings. The number of nitrogens with zero attached hydrogens (tertiary/aromatic N) is 2. The number of carbonyl (C=O) groups is 3. The highest BCUT2D eigenvalue weighted by Crippen LogP contribution is 2.33. The lowest BCUT2D eigenvalue weighted by Gasteiger charge is -2.30. The number of hydrogen-bond acceptors (Lipinski definition) is 5. The van der Waals surface area contributed by atoms with Crippen LogP contribution in [-0.2, 0) is 16.0 Å². The molecule has 0 atom stereocenters. The number of hydrogen-bond donors (Lipinski definition) is 2. The van der Waals surface area contributed by atoms with Crippen LogP contribution in [0.4, 0.5) is 4.79 Å². The lowest BCUT2D eigenvalue weighted by Crippen LogP contribution is -2.48. The minimum absolute atomic E-state index is 0.135. The van der Waals surface area contributed by atoms with E-state index in [2.05, 4.69) is 21.7 Å². The predicted molar refractivity (Wildman–Crippen MR) is 112 cm³/mol. The summed E-state index contributed by atoms with van der Waals surface area (Å²) >= 11 is 1.68. The van der Waals surface area contributed by atoms with Gasteiger partial charge in [-0.15, -0.1) is 11.3 Å². The van der Waals surface area contributed by atoms with Crippen LogP contribution in [-0.4, -0.2) is 46.4 Å². The molecular formula is C21H26N4O3S. The molecule has 0 unspecified atom stereocenters. The van der Waals surface area contributed by atoms with E-state index in [1.807, 2.05) is 18.2 Å². The van der Waals surface area contributed by atoms with E-state index in [9.17, 15) is 14.4 Å². The number of thiazole rings is 1. The summed E-state index contributed by atoms with van der Waals surface area (Å²) in [5, 5.41) is 6.82. The highest BCUT2D eigenvalue weighted by Gasteiger charge is 2.50. The molecule has 1 saturated carbocycles. The van der Waals surface area contributed by atoms with Gasteiger partial charge in [0.05, 0.1) is 15.2 Å². The van der Waals surface area contributed by atoms with Crippen LogP contribution in [0.2, 0.25) is 0 Å². The first-order valence-electron chi connectivity index (χ1n) is 10.3. The molecular weight excluding hydrogens is 388 g/mol. The fourth-order valence-corrected chi connectivity index (χ4v) is 5.18. The van der Waals surface area contributed by atoms with Crippen molar-refractivity contribution in [2.24, 2.45) is 0 Å². The van der Waals surface area contributed by atoms with Crippen LogP contribution >= 0.6 is 11.3 Å². The number of carbonyl (C=O) groups excluding carboxylic acids is 3. The number of fused-ring (bicyclic) bond motifs is 1. The Hall–Kier alpha value is -2.48. The Bertz CT molecular complexity index is 887. The molecule has 2 fully saturated rings. The Morgan fingerprint density at radius 2 is 2.00 bits per heavy atom. The van der Waals surface area contributed by atoms with Crippen LogP contribution in [0, 0.1) is 0 Å². The Labute approximate surface area is 173 Å². The van der Waals surface area contributed by atoms with E-state index >= 15 is 0 Å². The van der Waals surface area contributed by atoms with Gasteiger partial charge >= 0.3 is 6.03 Å². The third-order valence-electron chi connectivity index (χ3n) is 5.74. The second-order valence-electron chi connectivity index (χ2n) is 7.81. The Balaban J connectivity index is 1.19. The van der Waals surface area contributed by atoms with E-state index in [-0.39, 0.29) is 30.8 Å². The maximum Gasteiger partial charge on any atom is 0.325 e. The number of nitrogens with one attached hydrogen (secondary N) is 2. The molecule has 1 aromatic heterocycles. The summed E-state index contributed by atoms with van der Waals surface area (Å²) in [5.41, 5.74) is 0.295. The molecule has 154 valence electrons. The molecule has 1 spiro atoms. The molecule has 1 aliphatic heterocycles. The quantitative estimate of drug-likeness (QED) is 0.538. The van der Waals surface area contributed by atoms with E-state index in [0.29, 0.717) is 19.4 Å². The number of benzene rings is 1. The van der Waals surface area contributed by atoms with Crippen molar-refractivity contribution in [2.45, 2.75) is 56.9 Å². The number of para-hydroxylation sites is 1. The summed E-state index contributed by atoms with van der Waals surface area (Å²) in [6.45, 7) is 0.689. The fourth-order valence-electron chi connectivity index (χ4n) is 4.17. The van der Waals surface area contributed by atoms with Crippen molar-refractivity contribution in [2.75, 3.05) is 13.1 Å². The van der Waals surface area contributed by atoms with Gasteiger partial charge in [-0.25, -0.2) is 9.78 Å². The topological polar surface area (TPSA) is 91.4 Å². The summed E-state index contributed by atoms with van der Waals surface area (Å²) < 4.78 is 1.18. The summed E-state index contributed by atoms with van der Waals surface area (Å²) in [6, 6.07) is 7.69. The number of imide groups is 1. The van der Waals surface area contributed by atoms with Gasteiger partial charge in [0, 0.05) is 25.9 Å². The van der Waals surface area contributed by atoms with Gasteiger partial charge in [-0.05, 0) is 31.4 Å². The van der Waals surface area contributed by atoms with E-state index in [4.69, 9.17) is 0 Å². The van der Waals surface area contributed by atoms with Gasteiger partial charge in [0.15, 0.2) is 0 Å². The number of amides is 4. The van der Waals surface area contributed by atoms with Gasteiger partial charge in [0.25, 0.3) is 5.91 Å². The Kier molecular flexibility index (Phi) is 5.80. The number of aromatic nitrogens is 1. The van der Waals surface area contributed by atoms with Gasteiger partial charge in [-0.3, -0.25) is 14.5 Å². The Morgan fingerprint density at radius 3 is 2.79 bits per heavy atom. The van der Waals surface area contributed by atoms with Crippen LogP contribution in [0.3, 0.4) is 0 Å². The Morgan fingerprint density at radius 1 is 1.21 bits per heavy atom. The highest BCUT2D eigenvalue weighted by atomic mass is 32.1. The van der Waals surface area contributed by atoms with Crippen LogP contribution < -0.4 is 10.6 Å². The second-order valence-corrected chi connectivity index (χ2v) is 8.92. The molecule has 2 aromatic rings. The molecule has 0 radical (unpaired) electrons. The minimum atomic E-state index is -0.719. The molecule has 4 amide bonds. The zero-order valence-corrected chi connectivity index (χ0v) is 17.2. The molecule has 8 heteroatoms. The lowest BCUT2D eigenvalue weighted by atomic mass is 9.82. The maximum absolute atomic E-state index is 12.7. The van der Waals surface area contributed by atoms with E-state index in [0.717, 1.165) is 42.6 Å². The summed E-state index contributed by atoms with van der Waals surface area (Å²) in [5.74, 6) is -0.301. The zero-order chi connectivity index (χ0) is 20.3. The molecule has 2 N–H and O–H groups in total. The van der Waals surface area contributed by atoms with Crippen LogP contribution in [0.25, 0.3) is 10.2 Å². The summed E-state index contributed by atoms with van der Waals surface area (Å²) in [4.78, 5) is 42.9. The molecule has 7 nitrogen and oxygen atoms in total. The predicted octanol–water partition coefficient (Wildman–Crippen LogP) is 2.99. The molecule has 29 heavy (non-hydrogen) atoms. The van der Waals surface area contributed by atoms with Gasteiger partial charge < -0.3 is 10.6 Å². The van der Waals surface area contributed by atoms with Crippen LogP contribution in [0.1, 0.15) is 50.0 Å².